The molecule has 0 unspecified atom stereocenters. The fraction of sp³-hybridized carbons (Fsp3) is 0. The fourth-order valence-corrected chi connectivity index (χ4v) is 4.13. The number of aromatic nitrogens is 2. The first-order valence-corrected chi connectivity index (χ1v) is 9.97. The highest BCUT2D eigenvalue weighted by atomic mass is 35.5. The number of fused-ring (bicyclic) bond motifs is 1. The van der Waals surface area contributed by atoms with Crippen molar-refractivity contribution in [1.29, 1.82) is 0 Å². The number of amides is 2. The molecule has 0 aliphatic carbocycles. The zero-order valence-electron chi connectivity index (χ0n) is 14.6. The predicted molar refractivity (Wildman–Crippen MR) is 114 cm³/mol. The lowest BCUT2D eigenvalue weighted by Gasteiger charge is -2.10. The van der Waals surface area contributed by atoms with Crippen LogP contribution in [0.3, 0.4) is 0 Å². The zero-order chi connectivity index (χ0) is 20.4. The Morgan fingerprint density at radius 2 is 1.66 bits per heavy atom. The molecule has 0 spiro atoms. The van der Waals surface area contributed by atoms with Crippen molar-refractivity contribution in [3.8, 4) is 10.7 Å². The van der Waals surface area contributed by atoms with Gasteiger partial charge in [0.2, 0.25) is 0 Å². The van der Waals surface area contributed by atoms with E-state index in [1.807, 2.05) is 24.3 Å². The Morgan fingerprint density at radius 3 is 2.41 bits per heavy atom. The van der Waals surface area contributed by atoms with E-state index < -0.39 is 11.8 Å². The van der Waals surface area contributed by atoms with E-state index >= 15 is 0 Å². The fourth-order valence-electron chi connectivity index (χ4n) is 2.65. The van der Waals surface area contributed by atoms with E-state index in [0.29, 0.717) is 15.7 Å². The summed E-state index contributed by atoms with van der Waals surface area (Å²) >= 11 is 13.3. The lowest BCUT2D eigenvalue weighted by Crippen LogP contribution is -2.42. The van der Waals surface area contributed by atoms with Crippen molar-refractivity contribution in [3.63, 3.8) is 0 Å². The molecule has 4 aromatic rings. The van der Waals surface area contributed by atoms with Gasteiger partial charge in [0.05, 0.1) is 26.4 Å². The third-order valence-electron chi connectivity index (χ3n) is 4.01. The van der Waals surface area contributed by atoms with Gasteiger partial charge in [-0.05, 0) is 42.5 Å². The zero-order valence-corrected chi connectivity index (χ0v) is 17.0. The molecule has 2 aromatic carbocycles. The largest absolute Gasteiger partial charge is 0.272 e. The molecule has 0 radical (unpaired) electrons. The van der Waals surface area contributed by atoms with Crippen LogP contribution in [0.25, 0.3) is 20.9 Å². The Bertz CT molecular complexity index is 1210. The van der Waals surface area contributed by atoms with Crippen molar-refractivity contribution >= 4 is 56.6 Å². The number of thiazole rings is 1. The first kappa shape index (κ1) is 19.3. The SMILES string of the molecule is O=C(NNC(=O)c1cccnc1-c1nc2ccccc2s1)c1ccc(Cl)cc1Cl. The number of hydrazine groups is 1. The molecule has 6 nitrogen and oxygen atoms in total. The third kappa shape index (κ3) is 4.07. The molecule has 0 aliphatic heterocycles. The van der Waals surface area contributed by atoms with E-state index in [1.165, 1.54) is 29.5 Å². The van der Waals surface area contributed by atoms with Crippen LogP contribution < -0.4 is 10.9 Å². The minimum absolute atomic E-state index is 0.181. The van der Waals surface area contributed by atoms with Crippen LogP contribution in [0.4, 0.5) is 0 Å². The lowest BCUT2D eigenvalue weighted by molar-refractivity contribution is 0.0847. The minimum atomic E-state index is -0.564. The Hall–Kier alpha value is -3.00. The van der Waals surface area contributed by atoms with Gasteiger partial charge in [0, 0.05) is 11.2 Å². The number of para-hydroxylation sites is 1. The number of rotatable bonds is 3. The first-order valence-electron chi connectivity index (χ1n) is 8.39. The second kappa shape index (κ2) is 8.16. The number of carbonyl (C=O) groups excluding carboxylic acids is 2. The van der Waals surface area contributed by atoms with Crippen LogP contribution in [0.2, 0.25) is 10.0 Å². The molecule has 29 heavy (non-hydrogen) atoms. The molecule has 0 saturated heterocycles. The monoisotopic (exact) mass is 442 g/mol. The van der Waals surface area contributed by atoms with E-state index in [9.17, 15) is 9.59 Å². The van der Waals surface area contributed by atoms with Crippen LogP contribution in [-0.4, -0.2) is 21.8 Å². The normalized spacial score (nSPS) is 10.7. The van der Waals surface area contributed by atoms with Gasteiger partial charge in [0.15, 0.2) is 0 Å². The Labute approximate surface area is 179 Å². The smallest absolute Gasteiger partial charge is 0.267 e. The van der Waals surface area contributed by atoms with Crippen LogP contribution in [0, 0.1) is 0 Å². The van der Waals surface area contributed by atoms with Gasteiger partial charge < -0.3 is 0 Å². The number of benzene rings is 2. The van der Waals surface area contributed by atoms with Gasteiger partial charge in [-0.25, -0.2) is 4.98 Å². The molecule has 0 atom stereocenters. The van der Waals surface area contributed by atoms with Crippen LogP contribution >= 0.6 is 34.5 Å². The van der Waals surface area contributed by atoms with Crippen LogP contribution in [0.1, 0.15) is 20.7 Å². The summed E-state index contributed by atoms with van der Waals surface area (Å²) in [4.78, 5) is 33.9. The highest BCUT2D eigenvalue weighted by Gasteiger charge is 2.18. The van der Waals surface area contributed by atoms with E-state index in [4.69, 9.17) is 23.2 Å². The van der Waals surface area contributed by atoms with Crippen molar-refractivity contribution < 1.29 is 9.59 Å². The van der Waals surface area contributed by atoms with Gasteiger partial charge in [0.1, 0.15) is 10.7 Å². The standard InChI is InChI=1S/C20H12Cl2N4O2S/c21-11-7-8-12(14(22)10-11)18(27)25-26-19(28)13-4-3-9-23-17(13)20-24-15-5-1-2-6-16(15)29-20/h1-10H,(H,25,27)(H,26,28). The molecule has 9 heteroatoms. The molecule has 0 aliphatic rings. The van der Waals surface area contributed by atoms with Crippen molar-refractivity contribution in [1.82, 2.24) is 20.8 Å². The third-order valence-corrected chi connectivity index (χ3v) is 5.61. The average Bonchev–Trinajstić information content (AvgIpc) is 3.16. The van der Waals surface area contributed by atoms with Crippen LogP contribution in [0.15, 0.2) is 60.8 Å². The maximum Gasteiger partial charge on any atom is 0.272 e. The Kier molecular flexibility index (Phi) is 5.44. The van der Waals surface area contributed by atoms with E-state index in [-0.39, 0.29) is 16.1 Å². The summed E-state index contributed by atoms with van der Waals surface area (Å²) < 4.78 is 0.991. The molecule has 0 bridgehead atoms. The molecule has 4 rings (SSSR count). The van der Waals surface area contributed by atoms with Gasteiger partial charge in [-0.1, -0.05) is 35.3 Å². The molecule has 0 fully saturated rings. The topological polar surface area (TPSA) is 84.0 Å². The highest BCUT2D eigenvalue weighted by Crippen LogP contribution is 2.30. The number of nitrogens with one attached hydrogen (secondary N) is 2. The number of pyridine rings is 1. The summed E-state index contributed by atoms with van der Waals surface area (Å²) in [6.07, 6.45) is 1.59. The summed E-state index contributed by atoms with van der Waals surface area (Å²) in [7, 11) is 0. The summed E-state index contributed by atoms with van der Waals surface area (Å²) in [5.41, 5.74) is 6.48. The van der Waals surface area contributed by atoms with Gasteiger partial charge in [-0.2, -0.15) is 0 Å². The molecular formula is C20H12Cl2N4O2S. The number of halogens is 2. The molecule has 2 N–H and O–H groups in total. The van der Waals surface area contributed by atoms with Gasteiger partial charge >= 0.3 is 0 Å². The summed E-state index contributed by atoms with van der Waals surface area (Å²) in [5, 5.41) is 1.20. The van der Waals surface area contributed by atoms with Crippen molar-refractivity contribution in [2.24, 2.45) is 0 Å². The summed E-state index contributed by atoms with van der Waals surface area (Å²) in [5.74, 6) is -1.09. The second-order valence-corrected chi connectivity index (χ2v) is 7.79. The first-order chi connectivity index (χ1) is 14.0. The van der Waals surface area contributed by atoms with Crippen molar-refractivity contribution in [2.75, 3.05) is 0 Å². The number of nitrogens with zero attached hydrogens (tertiary/aromatic N) is 2. The summed E-state index contributed by atoms with van der Waals surface area (Å²) in [6.45, 7) is 0. The Morgan fingerprint density at radius 1 is 0.897 bits per heavy atom. The number of carbonyl (C=O) groups is 2. The van der Waals surface area contributed by atoms with Crippen molar-refractivity contribution in [3.05, 3.63) is 82.0 Å². The van der Waals surface area contributed by atoms with E-state index in [0.717, 1.165) is 10.2 Å². The van der Waals surface area contributed by atoms with Crippen LogP contribution in [0.5, 0.6) is 0 Å². The quantitative estimate of drug-likeness (QED) is 0.448. The van der Waals surface area contributed by atoms with E-state index in [1.54, 1.807) is 18.3 Å². The molecule has 2 amide bonds. The lowest BCUT2D eigenvalue weighted by atomic mass is 10.2. The minimum Gasteiger partial charge on any atom is -0.267 e. The highest BCUT2D eigenvalue weighted by molar-refractivity contribution is 7.21. The molecular weight excluding hydrogens is 431 g/mol. The van der Waals surface area contributed by atoms with Gasteiger partial charge in [-0.3, -0.25) is 25.4 Å². The van der Waals surface area contributed by atoms with E-state index in [2.05, 4.69) is 20.8 Å². The maximum absolute atomic E-state index is 12.7. The van der Waals surface area contributed by atoms with Crippen LogP contribution in [-0.2, 0) is 0 Å². The van der Waals surface area contributed by atoms with Crippen molar-refractivity contribution in [2.45, 2.75) is 0 Å². The molecule has 2 heterocycles. The van der Waals surface area contributed by atoms with Gasteiger partial charge in [0.25, 0.3) is 11.8 Å². The second-order valence-electron chi connectivity index (χ2n) is 5.92. The molecule has 0 saturated carbocycles. The number of hydrogen-bond acceptors (Lipinski definition) is 5. The average molecular weight is 443 g/mol. The molecule has 144 valence electrons. The maximum atomic E-state index is 12.7. The summed E-state index contributed by atoms with van der Waals surface area (Å²) in [6, 6.07) is 15.4. The predicted octanol–water partition coefficient (Wildman–Crippen LogP) is 4.74. The Balaban J connectivity index is 1.56. The molecule has 2 aromatic heterocycles. The number of hydrogen-bond donors (Lipinski definition) is 2. The van der Waals surface area contributed by atoms with Gasteiger partial charge in [-0.15, -0.1) is 11.3 Å².